The molecule has 1 saturated carbocycles. The zero-order chi connectivity index (χ0) is 34.6. The van der Waals surface area contributed by atoms with Gasteiger partial charge in [-0.1, -0.05) is 45.3 Å². The van der Waals surface area contributed by atoms with Crippen LogP contribution in [0.4, 0.5) is 5.95 Å². The summed E-state index contributed by atoms with van der Waals surface area (Å²) < 4.78 is 72.4. The number of nitrogens with zero attached hydrogens (tertiary/aromatic N) is 5. The van der Waals surface area contributed by atoms with Gasteiger partial charge in [-0.3, -0.25) is 27.9 Å². The zero-order valence-electron chi connectivity index (χ0n) is 26.9. The van der Waals surface area contributed by atoms with Crippen molar-refractivity contribution in [3.05, 3.63) is 35.3 Å². The van der Waals surface area contributed by atoms with E-state index in [1.54, 1.807) is 12.3 Å². The number of H-pyrrole nitrogens is 1. The molecule has 1 aliphatic carbocycles. The van der Waals surface area contributed by atoms with Gasteiger partial charge in [-0.15, -0.1) is 0 Å². The molecule has 3 N–H and O–H groups in total. The number of nitrogens with two attached hydrogens (primary N) is 1. The number of nitrogen functional groups attached to an aromatic ring is 1. The fourth-order valence-electron chi connectivity index (χ4n) is 5.67. The first-order valence-electron chi connectivity index (χ1n) is 15.2. The average molecular weight is 764 g/mol. The number of aromatic nitrogens is 6. The van der Waals surface area contributed by atoms with Gasteiger partial charge in [-0.25, -0.2) is 24.1 Å². The van der Waals surface area contributed by atoms with Crippen LogP contribution in [-0.4, -0.2) is 81.5 Å². The Bertz CT molecular complexity index is 1800. The topological polar surface area (TPSA) is 214 Å². The van der Waals surface area contributed by atoms with Crippen molar-refractivity contribution in [2.75, 3.05) is 18.9 Å². The number of ether oxygens (including phenoxy) is 2. The number of thiol groups is 2. The normalized spacial score (nSPS) is 35.0. The highest BCUT2D eigenvalue weighted by Crippen LogP contribution is 2.61. The number of hydrogen-bond acceptors (Lipinski definition) is 15. The smallest absolute Gasteiger partial charge is 0.386 e. The molecule has 0 aromatic carbocycles. The molecule has 6 rings (SSSR count). The van der Waals surface area contributed by atoms with E-state index >= 15 is 0 Å². The maximum Gasteiger partial charge on any atom is 0.386 e. The number of rotatable bonds is 5. The summed E-state index contributed by atoms with van der Waals surface area (Å²) in [5, 5.41) is -0.264. The highest BCUT2D eigenvalue weighted by molar-refractivity contribution is 8.44. The SMILES string of the molecule is CC(C)(C)[Si](C)(C)OC1C2COP(=O)(S)O[C@H]3C[C@H](Oc4ccncn4)C[C@@H]3COP(=O)(S)O[C@H]1[C@H](n1cnc3c(=O)[nH]c(N)nc31)O2. The second-order valence-electron chi connectivity index (χ2n) is 13.4. The van der Waals surface area contributed by atoms with Crippen molar-refractivity contribution >= 4 is 63.5 Å². The lowest BCUT2D eigenvalue weighted by molar-refractivity contribution is -0.0482. The molecule has 0 radical (unpaired) electrons. The Kier molecular flexibility index (Phi) is 10.0. The number of imidazole rings is 1. The van der Waals surface area contributed by atoms with Gasteiger partial charge < -0.3 is 24.2 Å². The monoisotopic (exact) mass is 763 g/mol. The summed E-state index contributed by atoms with van der Waals surface area (Å²) in [6.45, 7) is 1.57. The Balaban J connectivity index is 1.36. The molecule has 48 heavy (non-hydrogen) atoms. The molecule has 4 unspecified atom stereocenters. The van der Waals surface area contributed by atoms with E-state index in [0.29, 0.717) is 18.7 Å². The highest BCUT2D eigenvalue weighted by Gasteiger charge is 2.55. The minimum Gasteiger partial charge on any atom is -0.474 e. The maximum absolute atomic E-state index is 14.0. The van der Waals surface area contributed by atoms with Crippen molar-refractivity contribution in [2.45, 2.75) is 88.5 Å². The molecule has 9 atom stereocenters. The lowest BCUT2D eigenvalue weighted by atomic mass is 10.1. The van der Waals surface area contributed by atoms with E-state index < -0.39 is 70.1 Å². The van der Waals surface area contributed by atoms with Crippen molar-refractivity contribution in [3.63, 3.8) is 0 Å². The van der Waals surface area contributed by atoms with Crippen molar-refractivity contribution < 1.29 is 41.1 Å². The summed E-state index contributed by atoms with van der Waals surface area (Å²) in [6.07, 6.45) is -0.375. The quantitative estimate of drug-likeness (QED) is 0.160. The number of nitrogens with one attached hydrogen (secondary N) is 1. The van der Waals surface area contributed by atoms with Gasteiger partial charge >= 0.3 is 13.6 Å². The fourth-order valence-corrected chi connectivity index (χ4v) is 10.0. The molecule has 3 aromatic heterocycles. The summed E-state index contributed by atoms with van der Waals surface area (Å²) in [6, 6.07) is 1.62. The van der Waals surface area contributed by atoms with E-state index in [9.17, 15) is 13.9 Å². The lowest BCUT2D eigenvalue weighted by Gasteiger charge is -2.40. The Morgan fingerprint density at radius 3 is 2.52 bits per heavy atom. The molecular formula is C26H39N7O10P2S2Si. The molecule has 3 aromatic rings. The maximum atomic E-state index is 14.0. The van der Waals surface area contributed by atoms with E-state index in [-0.39, 0.29) is 35.4 Å². The molecule has 17 nitrogen and oxygen atoms in total. The van der Waals surface area contributed by atoms with Gasteiger partial charge in [-0.2, -0.15) is 4.98 Å². The molecule has 2 saturated heterocycles. The minimum absolute atomic E-state index is 0.00732. The Labute approximate surface area is 287 Å². The second-order valence-corrected chi connectivity index (χ2v) is 24.0. The Hall–Kier alpha value is -1.83. The average Bonchev–Trinajstić information content (AvgIpc) is 3.66. The van der Waals surface area contributed by atoms with Crippen molar-refractivity contribution in [2.24, 2.45) is 5.92 Å². The van der Waals surface area contributed by atoms with Crippen LogP contribution < -0.4 is 16.0 Å². The zero-order valence-corrected chi connectivity index (χ0v) is 31.4. The summed E-state index contributed by atoms with van der Waals surface area (Å²) in [5.74, 6) is -0.243. The van der Waals surface area contributed by atoms with E-state index in [2.05, 4.69) is 70.2 Å². The number of fused-ring (bicyclic) bond motifs is 4. The Morgan fingerprint density at radius 1 is 1.08 bits per heavy atom. The van der Waals surface area contributed by atoms with Crippen LogP contribution in [-0.2, 0) is 36.4 Å². The van der Waals surface area contributed by atoms with Crippen LogP contribution in [0.1, 0.15) is 39.8 Å². The first kappa shape index (κ1) is 36.0. The van der Waals surface area contributed by atoms with Crippen LogP contribution in [0.5, 0.6) is 5.88 Å². The summed E-state index contributed by atoms with van der Waals surface area (Å²) in [5.41, 5.74) is 5.38. The fraction of sp³-hybridized carbons (Fsp3) is 0.654. The van der Waals surface area contributed by atoms with E-state index in [1.807, 2.05) is 13.1 Å². The van der Waals surface area contributed by atoms with Gasteiger partial charge in [0, 0.05) is 24.6 Å². The van der Waals surface area contributed by atoms with Crippen LogP contribution in [0.2, 0.25) is 18.1 Å². The molecule has 0 amide bonds. The molecule has 22 heteroatoms. The molecule has 5 heterocycles. The highest BCUT2D eigenvalue weighted by atomic mass is 32.7. The molecule has 0 spiro atoms. The van der Waals surface area contributed by atoms with Crippen LogP contribution >= 0.6 is 38.1 Å². The van der Waals surface area contributed by atoms with Crippen LogP contribution in [0.15, 0.2) is 29.7 Å². The predicted molar refractivity (Wildman–Crippen MR) is 183 cm³/mol. The second kappa shape index (κ2) is 13.4. The lowest BCUT2D eigenvalue weighted by Crippen LogP contribution is -2.50. The van der Waals surface area contributed by atoms with Gasteiger partial charge in [0.15, 0.2) is 25.7 Å². The van der Waals surface area contributed by atoms with Crippen molar-refractivity contribution in [3.8, 4) is 5.88 Å². The molecule has 264 valence electrons. The number of hydrogen-bond donors (Lipinski definition) is 4. The third-order valence-electron chi connectivity index (χ3n) is 9.05. The first-order valence-corrected chi connectivity index (χ1v) is 23.5. The van der Waals surface area contributed by atoms with Crippen molar-refractivity contribution in [1.82, 2.24) is 29.5 Å². The molecular weight excluding hydrogens is 724 g/mol. The standard InChI is InChI=1S/C26H39N7O10P2S2Si/c1-26(2,3)48(4,5)43-20-17-11-38-44(35,46)41-16-9-15(39-18-6-7-28-12-29-18)8-14(16)10-37-45(36,47)42-21(20)24(40-17)33-13-30-19-22(33)31-25(27)32-23(19)34/h6-7,12-17,20-21,24H,8-11H2,1-5H3,(H,35,46)(H,36,47)(H3,27,31,32,34)/t14-,15-,16+,17?,20?,21-,24-,44?,45?/m1/s1. The van der Waals surface area contributed by atoms with Gasteiger partial charge in [0.05, 0.1) is 25.6 Å². The van der Waals surface area contributed by atoms with Crippen molar-refractivity contribution in [1.29, 1.82) is 0 Å². The minimum atomic E-state index is -4.17. The predicted octanol–water partition coefficient (Wildman–Crippen LogP) is 4.53. The Morgan fingerprint density at radius 2 is 1.81 bits per heavy atom. The van der Waals surface area contributed by atoms with E-state index in [0.717, 1.165) is 0 Å². The van der Waals surface area contributed by atoms with Crippen LogP contribution in [0, 0.1) is 5.92 Å². The number of aromatic amines is 1. The third-order valence-corrected chi connectivity index (χ3v) is 16.8. The third kappa shape index (κ3) is 7.73. The molecule has 2 bridgehead atoms. The summed E-state index contributed by atoms with van der Waals surface area (Å²) in [7, 11) is -2.59. The number of anilines is 1. The van der Waals surface area contributed by atoms with Gasteiger partial charge in [-0.05, 0) is 24.6 Å². The first-order chi connectivity index (χ1) is 22.4. The molecule has 3 aliphatic rings. The van der Waals surface area contributed by atoms with Gasteiger partial charge in [0.25, 0.3) is 5.56 Å². The summed E-state index contributed by atoms with van der Waals surface area (Å²) >= 11 is 8.67. The van der Waals surface area contributed by atoms with Gasteiger partial charge in [0.2, 0.25) is 11.8 Å². The van der Waals surface area contributed by atoms with E-state index in [1.165, 1.54) is 17.2 Å². The molecule has 2 aliphatic heterocycles. The van der Waals surface area contributed by atoms with Crippen LogP contribution in [0.3, 0.4) is 0 Å². The molecule has 3 fully saturated rings. The van der Waals surface area contributed by atoms with E-state index in [4.69, 9.17) is 37.7 Å². The van der Waals surface area contributed by atoms with Gasteiger partial charge in [0.1, 0.15) is 30.7 Å². The largest absolute Gasteiger partial charge is 0.474 e. The van der Waals surface area contributed by atoms with Crippen LogP contribution in [0.25, 0.3) is 11.2 Å². The summed E-state index contributed by atoms with van der Waals surface area (Å²) in [4.78, 5) is 31.5.